The predicted molar refractivity (Wildman–Crippen MR) is 99.9 cm³/mol. The number of nitrogens with zero attached hydrogens (tertiary/aromatic N) is 4. The highest BCUT2D eigenvalue weighted by molar-refractivity contribution is 5.70. The molecule has 4 rings (SSSR count). The Morgan fingerprint density at radius 2 is 1.64 bits per heavy atom. The van der Waals surface area contributed by atoms with Gasteiger partial charge < -0.3 is 10.0 Å². The predicted octanol–water partition coefficient (Wildman–Crippen LogP) is 3.83. The topological polar surface area (TPSA) is 53.7 Å². The average Bonchev–Trinajstić information content (AvgIpc) is 2.99. The molecule has 0 aliphatic carbocycles. The number of aromatic hydroxyl groups is 1. The van der Waals surface area contributed by atoms with Gasteiger partial charge in [-0.2, -0.15) is 0 Å². The van der Waals surface area contributed by atoms with Crippen LogP contribution >= 0.6 is 0 Å². The van der Waals surface area contributed by atoms with Crippen LogP contribution in [-0.2, 0) is 0 Å². The van der Waals surface area contributed by atoms with Gasteiger partial charge in [-0.15, -0.1) is 0 Å². The lowest BCUT2D eigenvalue weighted by molar-refractivity contribution is 0.450. The molecule has 0 saturated heterocycles. The zero-order valence-electron chi connectivity index (χ0n) is 14.1. The lowest BCUT2D eigenvalue weighted by Crippen LogP contribution is -2.07. The van der Waals surface area contributed by atoms with Gasteiger partial charge >= 0.3 is 0 Å². The van der Waals surface area contributed by atoms with E-state index in [1.807, 2.05) is 79.8 Å². The van der Waals surface area contributed by atoms with E-state index in [-0.39, 0.29) is 5.88 Å². The SMILES string of the molecule is CN(C)c1ccc(-c2cn3c(O)c(-c4ccccc4)nc3cn2)cc1. The summed E-state index contributed by atoms with van der Waals surface area (Å²) < 4.78 is 1.67. The van der Waals surface area contributed by atoms with Gasteiger partial charge in [0.05, 0.1) is 11.9 Å². The van der Waals surface area contributed by atoms with Crippen LogP contribution in [0.3, 0.4) is 0 Å². The quantitative estimate of drug-likeness (QED) is 0.620. The zero-order chi connectivity index (χ0) is 17.4. The summed E-state index contributed by atoms with van der Waals surface area (Å²) in [4.78, 5) is 11.0. The van der Waals surface area contributed by atoms with Crippen LogP contribution in [0.2, 0.25) is 0 Å². The molecule has 2 aromatic heterocycles. The Labute approximate surface area is 145 Å². The fraction of sp³-hybridized carbons (Fsp3) is 0.100. The van der Waals surface area contributed by atoms with Crippen molar-refractivity contribution < 1.29 is 5.11 Å². The van der Waals surface area contributed by atoms with E-state index in [9.17, 15) is 5.11 Å². The van der Waals surface area contributed by atoms with E-state index in [0.717, 1.165) is 22.5 Å². The number of anilines is 1. The number of hydrogen-bond donors (Lipinski definition) is 1. The fourth-order valence-electron chi connectivity index (χ4n) is 2.81. The lowest BCUT2D eigenvalue weighted by Gasteiger charge is -2.12. The van der Waals surface area contributed by atoms with E-state index in [4.69, 9.17) is 0 Å². The molecule has 0 spiro atoms. The van der Waals surface area contributed by atoms with Crippen molar-refractivity contribution in [3.63, 3.8) is 0 Å². The molecule has 5 heteroatoms. The molecular formula is C20H18N4O. The highest BCUT2D eigenvalue weighted by Crippen LogP contribution is 2.30. The minimum Gasteiger partial charge on any atom is -0.493 e. The molecule has 0 aliphatic rings. The molecule has 5 nitrogen and oxygen atoms in total. The first-order valence-corrected chi connectivity index (χ1v) is 8.04. The minimum absolute atomic E-state index is 0.120. The first-order chi connectivity index (χ1) is 12.1. The molecule has 0 unspecified atom stereocenters. The van der Waals surface area contributed by atoms with Crippen LogP contribution in [0, 0.1) is 0 Å². The summed E-state index contributed by atoms with van der Waals surface area (Å²) in [6.45, 7) is 0. The molecule has 0 radical (unpaired) electrons. The molecule has 0 aliphatic heterocycles. The van der Waals surface area contributed by atoms with Crippen molar-refractivity contribution in [2.45, 2.75) is 0 Å². The van der Waals surface area contributed by atoms with Gasteiger partial charge in [0.2, 0.25) is 5.88 Å². The van der Waals surface area contributed by atoms with Crippen LogP contribution in [0.25, 0.3) is 28.2 Å². The van der Waals surface area contributed by atoms with Crippen molar-refractivity contribution in [2.24, 2.45) is 0 Å². The van der Waals surface area contributed by atoms with E-state index in [0.29, 0.717) is 11.3 Å². The maximum absolute atomic E-state index is 10.6. The first-order valence-electron chi connectivity index (χ1n) is 8.04. The third-order valence-corrected chi connectivity index (χ3v) is 4.21. The summed E-state index contributed by atoms with van der Waals surface area (Å²) >= 11 is 0. The highest BCUT2D eigenvalue weighted by Gasteiger charge is 2.14. The Hall–Kier alpha value is -3.34. The van der Waals surface area contributed by atoms with Gasteiger partial charge in [-0.3, -0.25) is 9.38 Å². The summed E-state index contributed by atoms with van der Waals surface area (Å²) in [6, 6.07) is 17.8. The fourth-order valence-corrected chi connectivity index (χ4v) is 2.81. The summed E-state index contributed by atoms with van der Waals surface area (Å²) in [5.41, 5.74) is 4.95. The van der Waals surface area contributed by atoms with E-state index < -0.39 is 0 Å². The van der Waals surface area contributed by atoms with Crippen LogP contribution < -0.4 is 4.90 Å². The molecule has 1 N–H and O–H groups in total. The maximum Gasteiger partial charge on any atom is 0.224 e. The Kier molecular flexibility index (Phi) is 3.61. The summed E-state index contributed by atoms with van der Waals surface area (Å²) in [5.74, 6) is 0.120. The van der Waals surface area contributed by atoms with Crippen molar-refractivity contribution in [2.75, 3.05) is 19.0 Å². The average molecular weight is 330 g/mol. The molecule has 4 aromatic rings. The second-order valence-corrected chi connectivity index (χ2v) is 6.09. The van der Waals surface area contributed by atoms with Gasteiger partial charge in [0, 0.05) is 37.1 Å². The van der Waals surface area contributed by atoms with Crippen LogP contribution in [0.15, 0.2) is 67.0 Å². The van der Waals surface area contributed by atoms with Gasteiger partial charge in [-0.25, -0.2) is 4.98 Å². The normalized spacial score (nSPS) is 11.0. The number of hydrogen-bond acceptors (Lipinski definition) is 4. The third kappa shape index (κ3) is 2.70. The Balaban J connectivity index is 1.79. The second-order valence-electron chi connectivity index (χ2n) is 6.09. The van der Waals surface area contributed by atoms with Gasteiger partial charge in [0.1, 0.15) is 5.69 Å². The summed E-state index contributed by atoms with van der Waals surface area (Å²) in [5, 5.41) is 10.6. The van der Waals surface area contributed by atoms with Gasteiger partial charge in [-0.1, -0.05) is 42.5 Å². The largest absolute Gasteiger partial charge is 0.493 e. The van der Waals surface area contributed by atoms with Crippen molar-refractivity contribution >= 4 is 11.3 Å². The third-order valence-electron chi connectivity index (χ3n) is 4.21. The van der Waals surface area contributed by atoms with Gasteiger partial charge in [0.15, 0.2) is 5.65 Å². The van der Waals surface area contributed by atoms with Crippen molar-refractivity contribution in [3.05, 3.63) is 67.0 Å². The Bertz CT molecular complexity index is 1020. The number of rotatable bonds is 3. The molecule has 124 valence electrons. The molecule has 0 atom stereocenters. The molecule has 0 bridgehead atoms. The monoisotopic (exact) mass is 330 g/mol. The number of fused-ring (bicyclic) bond motifs is 1. The van der Waals surface area contributed by atoms with E-state index in [1.165, 1.54) is 0 Å². The van der Waals surface area contributed by atoms with Gasteiger partial charge in [0.25, 0.3) is 0 Å². The summed E-state index contributed by atoms with van der Waals surface area (Å²) in [7, 11) is 4.02. The zero-order valence-corrected chi connectivity index (χ0v) is 14.1. The number of benzene rings is 2. The summed E-state index contributed by atoms with van der Waals surface area (Å²) in [6.07, 6.45) is 3.50. The van der Waals surface area contributed by atoms with Crippen LogP contribution in [0.1, 0.15) is 0 Å². The molecule has 25 heavy (non-hydrogen) atoms. The van der Waals surface area contributed by atoms with Crippen LogP contribution in [-0.4, -0.2) is 33.6 Å². The van der Waals surface area contributed by atoms with Gasteiger partial charge in [-0.05, 0) is 12.1 Å². The number of aromatic nitrogens is 3. The standard InChI is InChI=1S/C20H18N4O/c1-23(2)16-10-8-14(9-11-16)17-13-24-18(12-21-17)22-19(20(24)25)15-6-4-3-5-7-15/h3-13,25H,1-2H3. The Morgan fingerprint density at radius 1 is 0.920 bits per heavy atom. The van der Waals surface area contributed by atoms with E-state index in [1.54, 1.807) is 10.6 Å². The minimum atomic E-state index is 0.120. The van der Waals surface area contributed by atoms with Crippen LogP contribution in [0.4, 0.5) is 5.69 Å². The smallest absolute Gasteiger partial charge is 0.224 e. The molecule has 0 saturated carbocycles. The highest BCUT2D eigenvalue weighted by atomic mass is 16.3. The molecular weight excluding hydrogens is 312 g/mol. The first kappa shape index (κ1) is 15.2. The maximum atomic E-state index is 10.6. The number of imidazole rings is 1. The molecule has 2 heterocycles. The van der Waals surface area contributed by atoms with E-state index in [2.05, 4.69) is 9.97 Å². The molecule has 0 amide bonds. The molecule has 0 fully saturated rings. The van der Waals surface area contributed by atoms with Crippen molar-refractivity contribution in [3.8, 4) is 28.4 Å². The molecule has 2 aromatic carbocycles. The lowest BCUT2D eigenvalue weighted by atomic mass is 10.1. The Morgan fingerprint density at radius 3 is 2.32 bits per heavy atom. The van der Waals surface area contributed by atoms with Crippen LogP contribution in [0.5, 0.6) is 5.88 Å². The van der Waals surface area contributed by atoms with Crippen molar-refractivity contribution in [1.29, 1.82) is 0 Å². The van der Waals surface area contributed by atoms with Crippen molar-refractivity contribution in [1.82, 2.24) is 14.4 Å². The second kappa shape index (κ2) is 5.94. The van der Waals surface area contributed by atoms with E-state index >= 15 is 0 Å².